The summed E-state index contributed by atoms with van der Waals surface area (Å²) in [6, 6.07) is 15.2. The molecule has 5 nitrogen and oxygen atoms in total. The van der Waals surface area contributed by atoms with Crippen LogP contribution in [0.1, 0.15) is 11.1 Å². The highest BCUT2D eigenvalue weighted by Gasteiger charge is 2.05. The smallest absolute Gasteiger partial charge is 0.188 e. The fraction of sp³-hybridized carbons (Fsp3) is 0.158. The number of guanidine groups is 1. The van der Waals surface area contributed by atoms with Gasteiger partial charge >= 0.3 is 0 Å². The number of hydrogen-bond acceptors (Lipinski definition) is 2. The Morgan fingerprint density at radius 3 is 2.65 bits per heavy atom. The van der Waals surface area contributed by atoms with Crippen molar-refractivity contribution in [2.24, 2.45) is 10.7 Å². The Balaban J connectivity index is 0.00000243. The van der Waals surface area contributed by atoms with Crippen LogP contribution >= 0.6 is 24.0 Å². The fourth-order valence-corrected chi connectivity index (χ4v) is 2.47. The quantitative estimate of drug-likeness (QED) is 0.334. The second-order valence-electron chi connectivity index (χ2n) is 5.62. The minimum atomic E-state index is -0.318. The highest BCUT2D eigenvalue weighted by Crippen LogP contribution is 2.15. The zero-order valence-electron chi connectivity index (χ0n) is 14.2. The second-order valence-corrected chi connectivity index (χ2v) is 5.62. The van der Waals surface area contributed by atoms with Gasteiger partial charge in [0.1, 0.15) is 5.82 Å². The molecule has 0 saturated carbocycles. The number of nitrogens with two attached hydrogens (primary N) is 1. The van der Waals surface area contributed by atoms with Crippen molar-refractivity contribution >= 4 is 29.9 Å². The molecule has 0 aliphatic heterocycles. The van der Waals surface area contributed by atoms with E-state index in [4.69, 9.17) is 5.73 Å². The molecule has 7 heteroatoms. The van der Waals surface area contributed by atoms with Crippen LogP contribution in [0.15, 0.2) is 72.2 Å². The lowest BCUT2D eigenvalue weighted by atomic mass is 10.1. The van der Waals surface area contributed by atoms with E-state index in [-0.39, 0.29) is 29.8 Å². The topological polar surface area (TPSA) is 68.2 Å². The van der Waals surface area contributed by atoms with Crippen molar-refractivity contribution in [1.29, 1.82) is 0 Å². The van der Waals surface area contributed by atoms with Gasteiger partial charge in [-0.05, 0) is 29.7 Å². The monoisotopic (exact) mass is 465 g/mol. The van der Waals surface area contributed by atoms with Crippen LogP contribution < -0.4 is 11.1 Å². The molecule has 0 aliphatic rings. The van der Waals surface area contributed by atoms with Gasteiger partial charge in [-0.3, -0.25) is 0 Å². The molecule has 0 amide bonds. The van der Waals surface area contributed by atoms with Crippen LogP contribution in [-0.2, 0) is 13.0 Å². The molecule has 3 N–H and O–H groups in total. The zero-order chi connectivity index (χ0) is 17.5. The van der Waals surface area contributed by atoms with Gasteiger partial charge in [0, 0.05) is 18.9 Å². The third kappa shape index (κ3) is 5.55. The standard InChI is InChI=1S/C19H20FN5.HI/c20-17-12-16(6-7-18(17)25-11-10-22-14-25)13-24-19(21)23-9-8-15-4-2-1-3-5-15;/h1-7,10-12,14H,8-9,13H2,(H3,21,23,24);1H. The summed E-state index contributed by atoms with van der Waals surface area (Å²) in [7, 11) is 0. The molecule has 0 aliphatic carbocycles. The van der Waals surface area contributed by atoms with Crippen LogP contribution in [-0.4, -0.2) is 22.1 Å². The third-order valence-corrected chi connectivity index (χ3v) is 3.79. The molecule has 0 fully saturated rings. The van der Waals surface area contributed by atoms with Gasteiger partial charge < -0.3 is 15.6 Å². The van der Waals surface area contributed by atoms with E-state index in [1.54, 1.807) is 29.4 Å². The number of benzene rings is 2. The van der Waals surface area contributed by atoms with Gasteiger partial charge in [0.05, 0.1) is 18.6 Å². The SMILES string of the molecule is I.NC(=NCc1ccc(-n2ccnc2)c(F)c1)NCCc1ccccc1. The summed E-state index contributed by atoms with van der Waals surface area (Å²) < 4.78 is 15.8. The lowest BCUT2D eigenvalue weighted by Crippen LogP contribution is -2.33. The first-order chi connectivity index (χ1) is 12.2. The summed E-state index contributed by atoms with van der Waals surface area (Å²) in [5, 5.41) is 3.07. The van der Waals surface area contributed by atoms with Crippen molar-refractivity contribution in [3.05, 3.63) is 84.2 Å². The first-order valence-corrected chi connectivity index (χ1v) is 8.07. The molecule has 26 heavy (non-hydrogen) atoms. The summed E-state index contributed by atoms with van der Waals surface area (Å²) in [5.74, 6) is 0.0383. The van der Waals surface area contributed by atoms with Crippen LogP contribution in [0.2, 0.25) is 0 Å². The minimum absolute atomic E-state index is 0. The van der Waals surface area contributed by atoms with Crippen LogP contribution in [0.5, 0.6) is 0 Å². The van der Waals surface area contributed by atoms with Gasteiger partial charge in [0.25, 0.3) is 0 Å². The summed E-state index contributed by atoms with van der Waals surface area (Å²) >= 11 is 0. The maximum Gasteiger partial charge on any atom is 0.188 e. The molecule has 3 rings (SSSR count). The third-order valence-electron chi connectivity index (χ3n) is 3.79. The highest BCUT2D eigenvalue weighted by atomic mass is 127. The maximum atomic E-state index is 14.2. The van der Waals surface area contributed by atoms with E-state index in [0.29, 0.717) is 24.7 Å². The number of nitrogens with zero attached hydrogens (tertiary/aromatic N) is 3. The predicted octanol–water partition coefficient (Wildman–Crippen LogP) is 3.28. The number of hydrogen-bond donors (Lipinski definition) is 2. The summed E-state index contributed by atoms with van der Waals surface area (Å²) in [6.07, 6.45) is 5.74. The van der Waals surface area contributed by atoms with E-state index in [0.717, 1.165) is 12.0 Å². The van der Waals surface area contributed by atoms with Gasteiger partial charge in [0.2, 0.25) is 0 Å². The van der Waals surface area contributed by atoms with Crippen molar-refractivity contribution in [3.63, 3.8) is 0 Å². The van der Waals surface area contributed by atoms with E-state index < -0.39 is 0 Å². The first kappa shape index (κ1) is 19.9. The zero-order valence-corrected chi connectivity index (χ0v) is 16.5. The Labute approximate surface area is 169 Å². The normalized spacial score (nSPS) is 11.0. The maximum absolute atomic E-state index is 14.2. The van der Waals surface area contributed by atoms with E-state index in [1.807, 2.05) is 24.3 Å². The summed E-state index contributed by atoms with van der Waals surface area (Å²) in [4.78, 5) is 8.18. The second kappa shape index (κ2) is 9.91. The van der Waals surface area contributed by atoms with Gasteiger partial charge in [-0.25, -0.2) is 14.4 Å². The molecule has 0 bridgehead atoms. The minimum Gasteiger partial charge on any atom is -0.370 e. The lowest BCUT2D eigenvalue weighted by Gasteiger charge is -2.07. The Kier molecular flexibility index (Phi) is 7.58. The van der Waals surface area contributed by atoms with Crippen molar-refractivity contribution in [1.82, 2.24) is 14.9 Å². The molecule has 0 atom stereocenters. The number of rotatable bonds is 6. The van der Waals surface area contributed by atoms with Crippen LogP contribution in [0.4, 0.5) is 4.39 Å². The van der Waals surface area contributed by atoms with Crippen molar-refractivity contribution in [2.75, 3.05) is 6.54 Å². The molecule has 0 radical (unpaired) electrons. The van der Waals surface area contributed by atoms with Crippen LogP contribution in [0.3, 0.4) is 0 Å². The first-order valence-electron chi connectivity index (χ1n) is 8.07. The van der Waals surface area contributed by atoms with E-state index in [9.17, 15) is 4.39 Å². The van der Waals surface area contributed by atoms with Gasteiger partial charge in [-0.1, -0.05) is 36.4 Å². The average molecular weight is 465 g/mol. The Morgan fingerprint density at radius 1 is 1.15 bits per heavy atom. The van der Waals surface area contributed by atoms with Crippen molar-refractivity contribution < 1.29 is 4.39 Å². The van der Waals surface area contributed by atoms with E-state index >= 15 is 0 Å². The molecule has 2 aromatic carbocycles. The molecule has 0 unspecified atom stereocenters. The molecular weight excluding hydrogens is 444 g/mol. The van der Waals surface area contributed by atoms with Crippen LogP contribution in [0.25, 0.3) is 5.69 Å². The van der Waals surface area contributed by atoms with Crippen LogP contribution in [0, 0.1) is 5.82 Å². The van der Waals surface area contributed by atoms with E-state index in [1.165, 1.54) is 11.6 Å². The molecular formula is C19H21FIN5. The molecule has 1 aromatic heterocycles. The molecule has 0 saturated heterocycles. The largest absolute Gasteiger partial charge is 0.370 e. The molecule has 0 spiro atoms. The Hall–Kier alpha value is -2.42. The number of aliphatic imine (C=N–C) groups is 1. The number of imidazole rings is 1. The fourth-order valence-electron chi connectivity index (χ4n) is 2.47. The van der Waals surface area contributed by atoms with Crippen molar-refractivity contribution in [3.8, 4) is 5.69 Å². The highest BCUT2D eigenvalue weighted by molar-refractivity contribution is 14.0. The average Bonchev–Trinajstić information content (AvgIpc) is 3.15. The lowest BCUT2D eigenvalue weighted by molar-refractivity contribution is 0.615. The molecule has 1 heterocycles. The van der Waals surface area contributed by atoms with Crippen molar-refractivity contribution in [2.45, 2.75) is 13.0 Å². The number of aromatic nitrogens is 2. The molecule has 136 valence electrons. The number of nitrogens with one attached hydrogen (secondary N) is 1. The summed E-state index contributed by atoms with van der Waals surface area (Å²) in [6.45, 7) is 1.03. The van der Waals surface area contributed by atoms with Gasteiger partial charge in [-0.15, -0.1) is 24.0 Å². The molecule has 3 aromatic rings. The summed E-state index contributed by atoms with van der Waals surface area (Å²) in [5.41, 5.74) is 8.32. The Bertz CT molecular complexity index is 834. The van der Waals surface area contributed by atoms with E-state index in [2.05, 4.69) is 27.4 Å². The van der Waals surface area contributed by atoms with Gasteiger partial charge in [-0.2, -0.15) is 0 Å². The Morgan fingerprint density at radius 2 is 1.96 bits per heavy atom. The number of halogens is 2. The van der Waals surface area contributed by atoms with Gasteiger partial charge in [0.15, 0.2) is 5.96 Å². The predicted molar refractivity (Wildman–Crippen MR) is 112 cm³/mol.